The lowest BCUT2D eigenvalue weighted by atomic mass is 10.2. The van der Waals surface area contributed by atoms with E-state index >= 15 is 0 Å². The van der Waals surface area contributed by atoms with Crippen LogP contribution in [-0.4, -0.2) is 18.1 Å². The van der Waals surface area contributed by atoms with Gasteiger partial charge >= 0.3 is 0 Å². The predicted octanol–water partition coefficient (Wildman–Crippen LogP) is 3.01. The molecular formula is C12H16N2. The molecule has 0 unspecified atom stereocenters. The number of para-hydroxylation sites is 1. The van der Waals surface area contributed by atoms with E-state index in [-0.39, 0.29) is 0 Å². The van der Waals surface area contributed by atoms with E-state index in [1.54, 1.807) is 0 Å². The van der Waals surface area contributed by atoms with Gasteiger partial charge in [-0.2, -0.15) is 0 Å². The second-order valence-corrected chi connectivity index (χ2v) is 3.41. The van der Waals surface area contributed by atoms with Crippen LogP contribution >= 0.6 is 0 Å². The van der Waals surface area contributed by atoms with Crippen LogP contribution in [0.1, 0.15) is 13.8 Å². The first-order valence-electron chi connectivity index (χ1n) is 5.17. The summed E-state index contributed by atoms with van der Waals surface area (Å²) in [7, 11) is 0. The van der Waals surface area contributed by atoms with Crippen molar-refractivity contribution in [3.8, 4) is 0 Å². The van der Waals surface area contributed by atoms with Crippen molar-refractivity contribution < 1.29 is 0 Å². The SMILES string of the molecule is CCN(CC)c1cc2ccccc2[nH]1. The molecule has 0 saturated heterocycles. The maximum absolute atomic E-state index is 3.42. The standard InChI is InChI=1S/C12H16N2/c1-3-14(4-2)12-9-10-7-5-6-8-11(10)13-12/h5-9,13H,3-4H2,1-2H3. The number of anilines is 1. The maximum atomic E-state index is 3.42. The normalized spacial score (nSPS) is 10.7. The topological polar surface area (TPSA) is 19.0 Å². The molecule has 14 heavy (non-hydrogen) atoms. The summed E-state index contributed by atoms with van der Waals surface area (Å²) < 4.78 is 0. The van der Waals surface area contributed by atoms with Gasteiger partial charge in [-0.15, -0.1) is 0 Å². The van der Waals surface area contributed by atoms with E-state index in [4.69, 9.17) is 0 Å². The zero-order chi connectivity index (χ0) is 9.97. The second-order valence-electron chi connectivity index (χ2n) is 3.41. The average molecular weight is 188 g/mol. The number of hydrogen-bond donors (Lipinski definition) is 1. The highest BCUT2D eigenvalue weighted by Gasteiger charge is 2.04. The van der Waals surface area contributed by atoms with Crippen LogP contribution in [0.25, 0.3) is 10.9 Å². The summed E-state index contributed by atoms with van der Waals surface area (Å²) in [5.41, 5.74) is 1.22. The summed E-state index contributed by atoms with van der Waals surface area (Å²) in [6.45, 7) is 6.44. The summed E-state index contributed by atoms with van der Waals surface area (Å²) in [5, 5.41) is 1.29. The maximum Gasteiger partial charge on any atom is 0.106 e. The minimum Gasteiger partial charge on any atom is -0.359 e. The van der Waals surface area contributed by atoms with Crippen molar-refractivity contribution in [3.63, 3.8) is 0 Å². The van der Waals surface area contributed by atoms with Crippen LogP contribution < -0.4 is 4.90 Å². The quantitative estimate of drug-likeness (QED) is 0.784. The molecule has 0 radical (unpaired) electrons. The molecule has 2 aromatic rings. The van der Waals surface area contributed by atoms with Crippen molar-refractivity contribution in [2.75, 3.05) is 18.0 Å². The van der Waals surface area contributed by atoms with Gasteiger partial charge in [0.2, 0.25) is 0 Å². The minimum absolute atomic E-state index is 1.04. The highest BCUT2D eigenvalue weighted by Crippen LogP contribution is 2.20. The lowest BCUT2D eigenvalue weighted by Gasteiger charge is -2.18. The van der Waals surface area contributed by atoms with Crippen LogP contribution in [0.15, 0.2) is 30.3 Å². The van der Waals surface area contributed by atoms with E-state index in [2.05, 4.69) is 54.1 Å². The highest BCUT2D eigenvalue weighted by atomic mass is 15.2. The van der Waals surface area contributed by atoms with Gasteiger partial charge in [-0.3, -0.25) is 0 Å². The van der Waals surface area contributed by atoms with Gasteiger partial charge in [0.05, 0.1) is 0 Å². The van der Waals surface area contributed by atoms with Gasteiger partial charge in [0.1, 0.15) is 5.82 Å². The molecule has 1 N–H and O–H groups in total. The van der Waals surface area contributed by atoms with Gasteiger partial charge in [0.25, 0.3) is 0 Å². The van der Waals surface area contributed by atoms with Crippen molar-refractivity contribution in [1.82, 2.24) is 4.98 Å². The fraction of sp³-hybridized carbons (Fsp3) is 0.333. The third-order valence-corrected chi connectivity index (χ3v) is 2.62. The third-order valence-electron chi connectivity index (χ3n) is 2.62. The first-order chi connectivity index (χ1) is 6.85. The Morgan fingerprint density at radius 1 is 1.14 bits per heavy atom. The van der Waals surface area contributed by atoms with E-state index in [9.17, 15) is 0 Å². The van der Waals surface area contributed by atoms with Crippen LogP contribution in [0, 0.1) is 0 Å². The molecule has 1 aromatic heterocycles. The van der Waals surface area contributed by atoms with Gasteiger partial charge in [0, 0.05) is 24.0 Å². The molecule has 0 saturated carbocycles. The molecule has 2 heteroatoms. The zero-order valence-corrected chi connectivity index (χ0v) is 8.75. The summed E-state index contributed by atoms with van der Waals surface area (Å²) >= 11 is 0. The van der Waals surface area contributed by atoms with Crippen molar-refractivity contribution in [1.29, 1.82) is 0 Å². The molecule has 1 aromatic carbocycles. The first kappa shape index (κ1) is 9.13. The van der Waals surface area contributed by atoms with Crippen molar-refractivity contribution in [3.05, 3.63) is 30.3 Å². The number of hydrogen-bond acceptors (Lipinski definition) is 1. The smallest absolute Gasteiger partial charge is 0.106 e. The molecule has 1 heterocycles. The number of H-pyrrole nitrogens is 1. The van der Waals surface area contributed by atoms with Gasteiger partial charge in [-0.25, -0.2) is 0 Å². The van der Waals surface area contributed by atoms with E-state index in [1.807, 2.05) is 0 Å². The molecule has 0 aliphatic carbocycles. The first-order valence-corrected chi connectivity index (χ1v) is 5.17. The Bertz CT molecular complexity index is 380. The monoisotopic (exact) mass is 188 g/mol. The van der Waals surface area contributed by atoms with Crippen molar-refractivity contribution >= 4 is 16.7 Å². The van der Waals surface area contributed by atoms with Crippen LogP contribution in [-0.2, 0) is 0 Å². The van der Waals surface area contributed by atoms with Crippen LogP contribution in [0.3, 0.4) is 0 Å². The molecule has 0 aliphatic heterocycles. The number of rotatable bonds is 3. The molecular weight excluding hydrogens is 172 g/mol. The van der Waals surface area contributed by atoms with Crippen LogP contribution in [0.4, 0.5) is 5.82 Å². The predicted molar refractivity (Wildman–Crippen MR) is 61.9 cm³/mol. The molecule has 74 valence electrons. The number of benzene rings is 1. The Morgan fingerprint density at radius 2 is 1.86 bits per heavy atom. The van der Waals surface area contributed by atoms with E-state index in [1.165, 1.54) is 16.7 Å². The summed E-state index contributed by atoms with van der Waals surface area (Å²) in [6, 6.07) is 10.6. The fourth-order valence-electron chi connectivity index (χ4n) is 1.79. The second kappa shape index (κ2) is 3.74. The Morgan fingerprint density at radius 3 is 2.50 bits per heavy atom. The molecule has 0 spiro atoms. The lowest BCUT2D eigenvalue weighted by Crippen LogP contribution is -2.21. The molecule has 2 nitrogen and oxygen atoms in total. The molecule has 2 rings (SSSR count). The largest absolute Gasteiger partial charge is 0.359 e. The Balaban J connectivity index is 2.43. The van der Waals surface area contributed by atoms with Crippen LogP contribution in [0.2, 0.25) is 0 Å². The van der Waals surface area contributed by atoms with E-state index in [0.29, 0.717) is 0 Å². The Labute approximate surface area is 84.5 Å². The summed E-state index contributed by atoms with van der Waals surface area (Å²) in [4.78, 5) is 5.74. The Kier molecular flexibility index (Phi) is 2.44. The number of nitrogens with zero attached hydrogens (tertiary/aromatic N) is 1. The lowest BCUT2D eigenvalue weighted by molar-refractivity contribution is 0.853. The van der Waals surface area contributed by atoms with Gasteiger partial charge in [-0.05, 0) is 26.0 Å². The Hall–Kier alpha value is -1.44. The molecule has 0 atom stereocenters. The van der Waals surface area contributed by atoms with Crippen molar-refractivity contribution in [2.45, 2.75) is 13.8 Å². The van der Waals surface area contributed by atoms with Gasteiger partial charge < -0.3 is 9.88 Å². The average Bonchev–Trinajstić information content (AvgIpc) is 2.63. The number of nitrogens with one attached hydrogen (secondary N) is 1. The fourth-order valence-corrected chi connectivity index (χ4v) is 1.79. The summed E-state index contributed by atoms with van der Waals surface area (Å²) in [5.74, 6) is 1.22. The molecule has 0 amide bonds. The molecule has 0 aliphatic rings. The minimum atomic E-state index is 1.04. The summed E-state index contributed by atoms with van der Waals surface area (Å²) in [6.07, 6.45) is 0. The zero-order valence-electron chi connectivity index (χ0n) is 8.75. The number of aromatic amines is 1. The molecule has 0 fully saturated rings. The number of aromatic nitrogens is 1. The van der Waals surface area contributed by atoms with Gasteiger partial charge in [-0.1, -0.05) is 18.2 Å². The highest BCUT2D eigenvalue weighted by molar-refractivity contribution is 5.83. The van der Waals surface area contributed by atoms with E-state index < -0.39 is 0 Å². The van der Waals surface area contributed by atoms with Gasteiger partial charge in [0.15, 0.2) is 0 Å². The van der Waals surface area contributed by atoms with Crippen molar-refractivity contribution in [2.24, 2.45) is 0 Å². The van der Waals surface area contributed by atoms with E-state index in [0.717, 1.165) is 13.1 Å². The van der Waals surface area contributed by atoms with Crippen LogP contribution in [0.5, 0.6) is 0 Å². The molecule has 0 bridgehead atoms. The number of fused-ring (bicyclic) bond motifs is 1. The third kappa shape index (κ3) is 1.48.